The molecule has 5 unspecified atom stereocenters. The zero-order chi connectivity index (χ0) is 86.5. The van der Waals surface area contributed by atoms with Gasteiger partial charge in [0.2, 0.25) is 0 Å². The van der Waals surface area contributed by atoms with E-state index in [-0.39, 0.29) is 19.3 Å². The molecule has 0 saturated carbocycles. The molecule has 0 spiro atoms. The molecular formula is C101H174O16P2. The molecule has 0 heterocycles. The van der Waals surface area contributed by atoms with E-state index in [9.17, 15) is 43.5 Å². The Morgan fingerprint density at radius 3 is 0.706 bits per heavy atom. The number of carbonyl (C=O) groups is 3. The molecule has 0 aromatic rings. The molecule has 0 bridgehead atoms. The first-order valence-electron chi connectivity index (χ1n) is 47.8. The molecule has 0 amide bonds. The van der Waals surface area contributed by atoms with Crippen molar-refractivity contribution in [3.63, 3.8) is 0 Å². The number of aliphatic hydroxyl groups is 2. The normalized spacial score (nSPS) is 14.4. The third-order valence-corrected chi connectivity index (χ3v) is 22.1. The fourth-order valence-electron chi connectivity index (χ4n) is 13.0. The molecule has 0 rings (SSSR count). The number of phosphoric acid groups is 2. The molecule has 5 atom stereocenters. The average Bonchev–Trinajstić information content (AvgIpc) is 0.899. The minimum Gasteiger partial charge on any atom is -0.463 e. The van der Waals surface area contributed by atoms with Gasteiger partial charge in [0.25, 0.3) is 0 Å². The SMILES string of the molecule is CC/C=C\C/C=C\C/C=C\C/C=C\C/C=C\CCCCCCCCCCCC(=O)OCC(COP(=O)(O)OCC(O)COP(=O)(O)OCC(O)COC(=O)CCCCCCCCCCCCCCCCCCC/C=C\C/C=C\C/C=C\C/C=C\CCCCC)OC(=O)CCCCCCCCCCC/C=C\C/C=C\C/C=C\C/C=C\CCCCC. The van der Waals surface area contributed by atoms with Crippen LogP contribution in [0.25, 0.3) is 0 Å². The first kappa shape index (κ1) is 114. The molecule has 684 valence electrons. The van der Waals surface area contributed by atoms with Crippen LogP contribution in [0.1, 0.15) is 406 Å². The third-order valence-electron chi connectivity index (χ3n) is 20.2. The molecule has 0 aliphatic carbocycles. The van der Waals surface area contributed by atoms with Crippen molar-refractivity contribution in [2.75, 3.05) is 39.6 Å². The molecular weight excluding hydrogens is 1530 g/mol. The van der Waals surface area contributed by atoms with Crippen molar-refractivity contribution in [2.45, 2.75) is 424 Å². The monoisotopic (exact) mass is 1710 g/mol. The lowest BCUT2D eigenvalue weighted by atomic mass is 10.0. The number of hydrogen-bond donors (Lipinski definition) is 4. The van der Waals surface area contributed by atoms with Gasteiger partial charge in [-0.1, -0.05) is 391 Å². The Labute approximate surface area is 727 Å². The predicted molar refractivity (Wildman–Crippen MR) is 500 cm³/mol. The number of unbranched alkanes of at least 4 members (excludes halogenated alkanes) is 41. The van der Waals surface area contributed by atoms with Crippen molar-refractivity contribution in [2.24, 2.45) is 0 Å². The molecule has 119 heavy (non-hydrogen) atoms. The first-order chi connectivity index (χ1) is 58.2. The van der Waals surface area contributed by atoms with E-state index in [1.54, 1.807) is 0 Å². The Hall–Kier alpha value is -4.83. The minimum absolute atomic E-state index is 0.0923. The van der Waals surface area contributed by atoms with Crippen molar-refractivity contribution in [3.05, 3.63) is 158 Å². The maximum absolute atomic E-state index is 13.1. The lowest BCUT2D eigenvalue weighted by Gasteiger charge is -2.21. The molecule has 0 aromatic carbocycles. The number of carbonyl (C=O) groups excluding carboxylic acids is 3. The molecule has 0 fully saturated rings. The Morgan fingerprint density at radius 1 is 0.244 bits per heavy atom. The number of rotatable bonds is 90. The summed E-state index contributed by atoms with van der Waals surface area (Å²) in [5.41, 5.74) is 0. The third kappa shape index (κ3) is 93.7. The summed E-state index contributed by atoms with van der Waals surface area (Å²) in [5, 5.41) is 20.8. The highest BCUT2D eigenvalue weighted by atomic mass is 31.2. The Balaban J connectivity index is 4.59. The van der Waals surface area contributed by atoms with Crippen LogP contribution in [0.15, 0.2) is 158 Å². The van der Waals surface area contributed by atoms with Crippen molar-refractivity contribution in [3.8, 4) is 0 Å². The molecule has 0 aromatic heterocycles. The fraction of sp³-hybridized carbons (Fsp3) is 0.713. The first-order valence-corrected chi connectivity index (χ1v) is 50.8. The van der Waals surface area contributed by atoms with Gasteiger partial charge in [-0.25, -0.2) is 9.13 Å². The lowest BCUT2D eigenvalue weighted by Crippen LogP contribution is -2.30. The van der Waals surface area contributed by atoms with Gasteiger partial charge in [-0.2, -0.15) is 0 Å². The van der Waals surface area contributed by atoms with Gasteiger partial charge < -0.3 is 34.2 Å². The van der Waals surface area contributed by atoms with Crippen LogP contribution < -0.4 is 0 Å². The second kappa shape index (κ2) is 92.4. The van der Waals surface area contributed by atoms with Gasteiger partial charge in [-0.05, 0) is 154 Å². The fourth-order valence-corrected chi connectivity index (χ4v) is 14.6. The van der Waals surface area contributed by atoms with Gasteiger partial charge in [-0.3, -0.25) is 32.5 Å². The Kier molecular flexibility index (Phi) is 88.6. The summed E-state index contributed by atoms with van der Waals surface area (Å²) in [5.74, 6) is -1.58. The van der Waals surface area contributed by atoms with E-state index in [1.807, 2.05) is 0 Å². The number of phosphoric ester groups is 2. The number of aliphatic hydroxyl groups excluding tert-OH is 2. The lowest BCUT2D eigenvalue weighted by molar-refractivity contribution is -0.161. The number of ether oxygens (including phenoxy) is 3. The topological polar surface area (TPSA) is 231 Å². The van der Waals surface area contributed by atoms with Crippen LogP contribution in [0.4, 0.5) is 0 Å². The van der Waals surface area contributed by atoms with E-state index in [4.69, 9.17) is 32.3 Å². The van der Waals surface area contributed by atoms with Crippen LogP contribution in [0, 0.1) is 0 Å². The summed E-state index contributed by atoms with van der Waals surface area (Å²) >= 11 is 0. The summed E-state index contributed by atoms with van der Waals surface area (Å²) < 4.78 is 61.6. The van der Waals surface area contributed by atoms with Gasteiger partial charge in [0, 0.05) is 19.3 Å². The van der Waals surface area contributed by atoms with E-state index < -0.39 is 91.5 Å². The highest BCUT2D eigenvalue weighted by Gasteiger charge is 2.30. The number of esters is 3. The molecule has 0 aliphatic heterocycles. The van der Waals surface area contributed by atoms with Gasteiger partial charge in [0.1, 0.15) is 25.4 Å². The van der Waals surface area contributed by atoms with Crippen LogP contribution in [-0.4, -0.2) is 95.9 Å². The largest absolute Gasteiger partial charge is 0.472 e. The van der Waals surface area contributed by atoms with Gasteiger partial charge in [-0.15, -0.1) is 0 Å². The van der Waals surface area contributed by atoms with Crippen molar-refractivity contribution in [1.29, 1.82) is 0 Å². The highest BCUT2D eigenvalue weighted by molar-refractivity contribution is 7.47. The maximum atomic E-state index is 13.1. The van der Waals surface area contributed by atoms with Crippen LogP contribution in [-0.2, 0) is 55.8 Å². The van der Waals surface area contributed by atoms with E-state index >= 15 is 0 Å². The highest BCUT2D eigenvalue weighted by Crippen LogP contribution is 2.45. The molecule has 0 radical (unpaired) electrons. The summed E-state index contributed by atoms with van der Waals surface area (Å²) in [6.07, 6.45) is 119. The number of hydrogen-bond acceptors (Lipinski definition) is 14. The van der Waals surface area contributed by atoms with Crippen LogP contribution >= 0.6 is 15.6 Å². The van der Waals surface area contributed by atoms with Crippen molar-refractivity contribution >= 4 is 33.6 Å². The molecule has 16 nitrogen and oxygen atoms in total. The van der Waals surface area contributed by atoms with Crippen LogP contribution in [0.5, 0.6) is 0 Å². The molecule has 4 N–H and O–H groups in total. The molecule has 0 saturated heterocycles. The van der Waals surface area contributed by atoms with Crippen molar-refractivity contribution in [1.82, 2.24) is 0 Å². The summed E-state index contributed by atoms with van der Waals surface area (Å²) in [6, 6.07) is 0. The summed E-state index contributed by atoms with van der Waals surface area (Å²) in [7, 11) is -9.82. The van der Waals surface area contributed by atoms with Gasteiger partial charge in [0.05, 0.1) is 26.4 Å². The second-order valence-corrected chi connectivity index (χ2v) is 34.7. The predicted octanol–water partition coefficient (Wildman–Crippen LogP) is 29.7. The summed E-state index contributed by atoms with van der Waals surface area (Å²) in [6.45, 7) is 2.56. The maximum Gasteiger partial charge on any atom is 0.472 e. The van der Waals surface area contributed by atoms with Crippen LogP contribution in [0.2, 0.25) is 0 Å². The Bertz CT molecular complexity index is 2790. The minimum atomic E-state index is -4.95. The number of allylic oxidation sites excluding steroid dienone is 26. The van der Waals surface area contributed by atoms with E-state index in [1.165, 1.54) is 193 Å². The van der Waals surface area contributed by atoms with E-state index in [0.29, 0.717) is 19.3 Å². The zero-order valence-electron chi connectivity index (χ0n) is 75.5. The smallest absolute Gasteiger partial charge is 0.463 e. The quantitative estimate of drug-likeness (QED) is 0.0146. The van der Waals surface area contributed by atoms with Gasteiger partial charge >= 0.3 is 33.6 Å². The van der Waals surface area contributed by atoms with E-state index in [2.05, 4.69) is 179 Å². The van der Waals surface area contributed by atoms with Crippen LogP contribution in [0.3, 0.4) is 0 Å². The Morgan fingerprint density at radius 2 is 0.445 bits per heavy atom. The zero-order valence-corrected chi connectivity index (χ0v) is 77.3. The standard InChI is InChI=1S/C101H174O16P2/c1-4-7-10-13-16-19-22-25-28-31-34-37-40-43-44-45-46-47-48-49-50-53-55-57-60-63-66-69-72-75-78-81-84-87-99(104)111-90-96(102)91-113-118(107,108)114-92-97(103)93-115-119(109,110)116-95-98(117-101(106)89-86-83-80-77-74-71-68-65-62-59-56-52-42-39-36-33-30-27-24-21-18-15-12-9-6-3)94-112-100(105)88-85-82-79-76-73-70-67-64-61-58-54-51-41-38-35-32-29-26-23-20-17-14-11-8-5-2/h8,11,16-21,25-30,34-39,43-44,51-52,54,56,96-98,102-103H,4-7,9-10,12-15,22-24,31-33,40-42,45-50,53,55,57-95H2,1-3H3,(H,107,108)(H,109,110)/b11-8-,19-16-,20-17-,21-18-,28-25-,29-26-,30-27-,37-34-,38-35-,39-36-,44-43-,54-51-,56-52-. The van der Waals surface area contributed by atoms with E-state index in [0.717, 1.165) is 154 Å². The summed E-state index contributed by atoms with van der Waals surface area (Å²) in [4.78, 5) is 59.1. The molecule has 18 heteroatoms. The molecule has 0 aliphatic rings. The van der Waals surface area contributed by atoms with Crippen molar-refractivity contribution < 1.29 is 75.8 Å². The average molecular weight is 1710 g/mol. The second-order valence-electron chi connectivity index (χ2n) is 31.8. The van der Waals surface area contributed by atoms with Gasteiger partial charge in [0.15, 0.2) is 6.10 Å².